The number of carbonyl (C=O) groups is 2. The van der Waals surface area contributed by atoms with Gasteiger partial charge < -0.3 is 14.8 Å². The first-order valence-electron chi connectivity index (χ1n) is 9.69. The summed E-state index contributed by atoms with van der Waals surface area (Å²) in [5.74, 6) is -0.572. The van der Waals surface area contributed by atoms with E-state index in [1.807, 2.05) is 58.3 Å². The molecule has 4 rings (SSSR count). The normalized spacial score (nSPS) is 14.6. The van der Waals surface area contributed by atoms with Crippen molar-refractivity contribution in [1.29, 1.82) is 0 Å². The van der Waals surface area contributed by atoms with Crippen molar-refractivity contribution in [3.8, 4) is 5.69 Å². The fourth-order valence-electron chi connectivity index (χ4n) is 3.56. The number of benzene rings is 2. The number of amides is 2. The van der Waals surface area contributed by atoms with E-state index in [1.165, 1.54) is 24.3 Å². The molecule has 0 atom stereocenters. The third-order valence-electron chi connectivity index (χ3n) is 5.24. The third kappa shape index (κ3) is 4.37. The van der Waals surface area contributed by atoms with Crippen molar-refractivity contribution in [2.24, 2.45) is 0 Å². The standard InChI is InChI=1S/C23H22FN3O2/c24-19-7-3-17(4-8-19)22(28)25-20-11-15-27(16-12-20)23(29)18-5-9-21(10-6-18)26-13-1-2-14-26/h1-10,13-14,20H,11-12,15-16H2,(H,25,28). The first kappa shape index (κ1) is 18.9. The molecular formula is C23H22FN3O2. The minimum Gasteiger partial charge on any atom is -0.349 e. The molecule has 1 saturated heterocycles. The van der Waals surface area contributed by atoms with Gasteiger partial charge in [0.15, 0.2) is 0 Å². The predicted octanol–water partition coefficient (Wildman–Crippen LogP) is 3.65. The van der Waals surface area contributed by atoms with Crippen molar-refractivity contribution < 1.29 is 14.0 Å². The Labute approximate surface area is 168 Å². The zero-order valence-electron chi connectivity index (χ0n) is 15.9. The lowest BCUT2D eigenvalue weighted by atomic mass is 10.0. The number of carbonyl (C=O) groups excluding carboxylic acids is 2. The SMILES string of the molecule is O=C(NC1CCN(C(=O)c2ccc(-n3cccc3)cc2)CC1)c1ccc(F)cc1. The molecule has 2 aromatic carbocycles. The van der Waals surface area contributed by atoms with Crippen molar-refractivity contribution in [1.82, 2.24) is 14.8 Å². The first-order valence-corrected chi connectivity index (χ1v) is 9.69. The van der Waals surface area contributed by atoms with Gasteiger partial charge in [0, 0.05) is 48.3 Å². The Kier molecular flexibility index (Phi) is 5.42. The minimum atomic E-state index is -0.366. The number of hydrogen-bond acceptors (Lipinski definition) is 2. The van der Waals surface area contributed by atoms with Crippen LogP contribution in [-0.4, -0.2) is 40.4 Å². The number of piperidine rings is 1. The molecule has 0 bridgehead atoms. The summed E-state index contributed by atoms with van der Waals surface area (Å²) in [5.41, 5.74) is 2.11. The summed E-state index contributed by atoms with van der Waals surface area (Å²) in [6.07, 6.45) is 5.31. The van der Waals surface area contributed by atoms with Crippen LogP contribution < -0.4 is 5.32 Å². The van der Waals surface area contributed by atoms with E-state index < -0.39 is 0 Å². The lowest BCUT2D eigenvalue weighted by molar-refractivity contribution is 0.0698. The Morgan fingerprint density at radius 3 is 2.07 bits per heavy atom. The van der Waals surface area contributed by atoms with E-state index in [2.05, 4.69) is 5.32 Å². The number of hydrogen-bond donors (Lipinski definition) is 1. The summed E-state index contributed by atoms with van der Waals surface area (Å²) < 4.78 is 15.0. The van der Waals surface area contributed by atoms with Crippen molar-refractivity contribution in [3.05, 3.63) is 90.0 Å². The van der Waals surface area contributed by atoms with Crippen LogP contribution >= 0.6 is 0 Å². The van der Waals surface area contributed by atoms with Gasteiger partial charge in [-0.3, -0.25) is 9.59 Å². The Morgan fingerprint density at radius 1 is 0.862 bits per heavy atom. The van der Waals surface area contributed by atoms with Gasteiger partial charge in [0.05, 0.1) is 0 Å². The third-order valence-corrected chi connectivity index (χ3v) is 5.24. The van der Waals surface area contributed by atoms with E-state index >= 15 is 0 Å². The summed E-state index contributed by atoms with van der Waals surface area (Å²) >= 11 is 0. The fraction of sp³-hybridized carbons (Fsp3) is 0.217. The van der Waals surface area contributed by atoms with Crippen LogP contribution in [0.3, 0.4) is 0 Å². The highest BCUT2D eigenvalue weighted by Crippen LogP contribution is 2.17. The van der Waals surface area contributed by atoms with Crippen LogP contribution in [0.2, 0.25) is 0 Å². The van der Waals surface area contributed by atoms with E-state index in [1.54, 1.807) is 0 Å². The van der Waals surface area contributed by atoms with Crippen LogP contribution in [0.5, 0.6) is 0 Å². The van der Waals surface area contributed by atoms with Crippen LogP contribution in [0, 0.1) is 5.82 Å². The van der Waals surface area contributed by atoms with Gasteiger partial charge in [-0.2, -0.15) is 0 Å². The van der Waals surface area contributed by atoms with Gasteiger partial charge in [-0.05, 0) is 73.5 Å². The van der Waals surface area contributed by atoms with Crippen LogP contribution in [0.1, 0.15) is 33.6 Å². The van der Waals surface area contributed by atoms with Gasteiger partial charge in [-0.15, -0.1) is 0 Å². The van der Waals surface area contributed by atoms with Crippen LogP contribution in [0.15, 0.2) is 73.1 Å². The summed E-state index contributed by atoms with van der Waals surface area (Å²) in [6, 6.07) is 17.0. The van der Waals surface area contributed by atoms with Crippen molar-refractivity contribution in [2.75, 3.05) is 13.1 Å². The maximum absolute atomic E-state index is 13.0. The highest BCUT2D eigenvalue weighted by Gasteiger charge is 2.25. The van der Waals surface area contributed by atoms with Crippen molar-refractivity contribution in [2.45, 2.75) is 18.9 Å². The monoisotopic (exact) mass is 391 g/mol. The quantitative estimate of drug-likeness (QED) is 0.738. The largest absolute Gasteiger partial charge is 0.349 e. The van der Waals surface area contributed by atoms with Gasteiger partial charge in [-0.25, -0.2) is 4.39 Å². The van der Waals surface area contributed by atoms with E-state index in [0.717, 1.165) is 5.69 Å². The smallest absolute Gasteiger partial charge is 0.253 e. The molecule has 1 aromatic heterocycles. The molecule has 1 fully saturated rings. The number of nitrogens with one attached hydrogen (secondary N) is 1. The summed E-state index contributed by atoms with van der Waals surface area (Å²) in [4.78, 5) is 26.9. The molecule has 0 unspecified atom stereocenters. The second-order valence-corrected chi connectivity index (χ2v) is 7.18. The van der Waals surface area contributed by atoms with Gasteiger partial charge in [0.1, 0.15) is 5.82 Å². The zero-order valence-corrected chi connectivity index (χ0v) is 15.9. The average molecular weight is 391 g/mol. The Balaban J connectivity index is 1.31. The first-order chi connectivity index (χ1) is 14.1. The molecule has 29 heavy (non-hydrogen) atoms. The molecule has 2 heterocycles. The molecule has 1 aliphatic rings. The maximum Gasteiger partial charge on any atom is 0.253 e. The van der Waals surface area contributed by atoms with Gasteiger partial charge >= 0.3 is 0 Å². The molecule has 5 nitrogen and oxygen atoms in total. The second-order valence-electron chi connectivity index (χ2n) is 7.18. The topological polar surface area (TPSA) is 54.3 Å². The Bertz CT molecular complexity index is 974. The molecule has 0 aliphatic carbocycles. The van der Waals surface area contributed by atoms with Crippen LogP contribution in [-0.2, 0) is 0 Å². The molecule has 0 saturated carbocycles. The second kappa shape index (κ2) is 8.31. The van der Waals surface area contributed by atoms with E-state index in [9.17, 15) is 14.0 Å². The van der Waals surface area contributed by atoms with Crippen LogP contribution in [0.25, 0.3) is 5.69 Å². The van der Waals surface area contributed by atoms with Crippen molar-refractivity contribution in [3.63, 3.8) is 0 Å². The Hall–Kier alpha value is -3.41. The molecule has 148 valence electrons. The maximum atomic E-state index is 13.0. The highest BCUT2D eigenvalue weighted by molar-refractivity contribution is 5.95. The lowest BCUT2D eigenvalue weighted by Gasteiger charge is -2.32. The number of aromatic nitrogens is 1. The minimum absolute atomic E-state index is 0.00682. The summed E-state index contributed by atoms with van der Waals surface area (Å²) in [6.45, 7) is 1.18. The average Bonchev–Trinajstić information content (AvgIpc) is 3.29. The van der Waals surface area contributed by atoms with Gasteiger partial charge in [0.2, 0.25) is 0 Å². The molecule has 6 heteroatoms. The molecule has 0 radical (unpaired) electrons. The van der Waals surface area contributed by atoms with Crippen LogP contribution in [0.4, 0.5) is 4.39 Å². The van der Waals surface area contributed by atoms with Gasteiger partial charge in [0.25, 0.3) is 11.8 Å². The molecule has 3 aromatic rings. The predicted molar refractivity (Wildman–Crippen MR) is 109 cm³/mol. The zero-order chi connectivity index (χ0) is 20.2. The summed E-state index contributed by atoms with van der Waals surface area (Å²) in [7, 11) is 0. The Morgan fingerprint density at radius 2 is 1.45 bits per heavy atom. The summed E-state index contributed by atoms with van der Waals surface area (Å²) in [5, 5.41) is 2.97. The molecule has 0 spiro atoms. The number of nitrogens with zero attached hydrogens (tertiary/aromatic N) is 2. The van der Waals surface area contributed by atoms with Gasteiger partial charge in [-0.1, -0.05) is 0 Å². The number of halogens is 1. The molecule has 2 amide bonds. The molecule has 1 aliphatic heterocycles. The molecular weight excluding hydrogens is 369 g/mol. The molecule has 1 N–H and O–H groups in total. The number of rotatable bonds is 4. The lowest BCUT2D eigenvalue weighted by Crippen LogP contribution is -2.46. The highest BCUT2D eigenvalue weighted by atomic mass is 19.1. The fourth-order valence-corrected chi connectivity index (χ4v) is 3.56. The van der Waals surface area contributed by atoms with Crippen molar-refractivity contribution >= 4 is 11.8 Å². The number of likely N-dealkylation sites (tertiary alicyclic amines) is 1. The van der Waals surface area contributed by atoms with E-state index in [4.69, 9.17) is 0 Å². The van der Waals surface area contributed by atoms with E-state index in [-0.39, 0.29) is 23.7 Å². The van der Waals surface area contributed by atoms with E-state index in [0.29, 0.717) is 37.1 Å².